The number of rotatable bonds is 3. The highest BCUT2D eigenvalue weighted by Gasteiger charge is 2.22. The smallest absolute Gasteiger partial charge is 0.219 e. The van der Waals surface area contributed by atoms with E-state index in [0.29, 0.717) is 0 Å². The number of hydrogen-bond acceptors (Lipinski definition) is 3. The molecule has 0 aliphatic carbocycles. The van der Waals surface area contributed by atoms with E-state index in [1.807, 2.05) is 0 Å². The minimum atomic E-state index is -1.46. The molecule has 1 atom stereocenters. The Kier molecular flexibility index (Phi) is 3.53. The Morgan fingerprint density at radius 2 is 1.83 bits per heavy atom. The number of benzene rings is 1. The van der Waals surface area contributed by atoms with Gasteiger partial charge in [0.1, 0.15) is 17.7 Å². The molecule has 1 unspecified atom stereocenters. The average molecular weight is 251 g/mol. The number of ether oxygens (including phenoxy) is 1. The zero-order valence-corrected chi connectivity index (χ0v) is 9.60. The van der Waals surface area contributed by atoms with Crippen LogP contribution in [-0.4, -0.2) is 17.2 Å². The fourth-order valence-corrected chi connectivity index (χ4v) is 1.71. The molecule has 0 aliphatic rings. The van der Waals surface area contributed by atoms with Crippen LogP contribution in [0.2, 0.25) is 0 Å². The standard InChI is InChI=1S/C13H11F2NO2/c1-18-13-8(4-3-7-16-13)12(17)11-9(14)5-2-6-10(11)15/h2-7,12,17H,1H3. The van der Waals surface area contributed by atoms with E-state index in [1.54, 1.807) is 6.07 Å². The molecule has 0 saturated heterocycles. The van der Waals surface area contributed by atoms with Crippen LogP contribution in [-0.2, 0) is 0 Å². The van der Waals surface area contributed by atoms with Gasteiger partial charge in [0.2, 0.25) is 5.88 Å². The van der Waals surface area contributed by atoms with Crippen molar-refractivity contribution in [2.24, 2.45) is 0 Å². The molecule has 1 aromatic heterocycles. The van der Waals surface area contributed by atoms with Crippen LogP contribution in [0.25, 0.3) is 0 Å². The number of aromatic nitrogens is 1. The zero-order chi connectivity index (χ0) is 13.1. The molecule has 0 amide bonds. The molecule has 0 radical (unpaired) electrons. The molecule has 0 spiro atoms. The molecule has 1 aromatic carbocycles. The summed E-state index contributed by atoms with van der Waals surface area (Å²) < 4.78 is 32.1. The summed E-state index contributed by atoms with van der Waals surface area (Å²) in [7, 11) is 1.37. The molecule has 5 heteroatoms. The van der Waals surface area contributed by atoms with E-state index in [-0.39, 0.29) is 11.4 Å². The van der Waals surface area contributed by atoms with E-state index in [4.69, 9.17) is 4.74 Å². The Bertz CT molecular complexity index is 540. The van der Waals surface area contributed by atoms with Crippen molar-refractivity contribution < 1.29 is 18.6 Å². The SMILES string of the molecule is COc1ncccc1C(O)c1c(F)cccc1F. The minimum absolute atomic E-state index is 0.132. The Balaban J connectivity index is 2.51. The topological polar surface area (TPSA) is 42.4 Å². The van der Waals surface area contributed by atoms with Gasteiger partial charge in [-0.15, -0.1) is 0 Å². The van der Waals surface area contributed by atoms with Gasteiger partial charge in [0.15, 0.2) is 0 Å². The minimum Gasteiger partial charge on any atom is -0.481 e. The fraction of sp³-hybridized carbons (Fsp3) is 0.154. The lowest BCUT2D eigenvalue weighted by atomic mass is 10.0. The fourth-order valence-electron chi connectivity index (χ4n) is 1.71. The number of aliphatic hydroxyl groups excluding tert-OH is 1. The summed E-state index contributed by atoms with van der Waals surface area (Å²) in [5.41, 5.74) is -0.201. The third-order valence-electron chi connectivity index (χ3n) is 2.56. The van der Waals surface area contributed by atoms with Crippen molar-refractivity contribution in [3.05, 3.63) is 59.3 Å². The summed E-state index contributed by atoms with van der Waals surface area (Å²) >= 11 is 0. The van der Waals surface area contributed by atoms with E-state index in [0.717, 1.165) is 12.1 Å². The summed E-state index contributed by atoms with van der Waals surface area (Å²) in [4.78, 5) is 3.88. The van der Waals surface area contributed by atoms with Gasteiger partial charge >= 0.3 is 0 Å². The first-order valence-corrected chi connectivity index (χ1v) is 5.26. The van der Waals surface area contributed by atoms with Gasteiger partial charge in [-0.05, 0) is 24.3 Å². The lowest BCUT2D eigenvalue weighted by Gasteiger charge is -2.15. The molecule has 18 heavy (non-hydrogen) atoms. The summed E-state index contributed by atoms with van der Waals surface area (Å²) in [5.74, 6) is -1.49. The lowest BCUT2D eigenvalue weighted by Crippen LogP contribution is -2.08. The van der Waals surface area contributed by atoms with Crippen LogP contribution >= 0.6 is 0 Å². The molecule has 1 heterocycles. The zero-order valence-electron chi connectivity index (χ0n) is 9.60. The van der Waals surface area contributed by atoms with Crippen molar-refractivity contribution in [2.75, 3.05) is 7.11 Å². The first-order valence-electron chi connectivity index (χ1n) is 5.26. The summed E-state index contributed by atoms with van der Waals surface area (Å²) in [6.07, 6.45) is 0.00194. The molecule has 0 saturated carbocycles. The molecule has 0 bridgehead atoms. The second-order valence-corrected chi connectivity index (χ2v) is 3.64. The van der Waals surface area contributed by atoms with Crippen molar-refractivity contribution in [3.8, 4) is 5.88 Å². The highest BCUT2D eigenvalue weighted by molar-refractivity contribution is 5.36. The molecule has 1 N–H and O–H groups in total. The number of nitrogens with zero attached hydrogens (tertiary/aromatic N) is 1. The molecule has 0 fully saturated rings. The number of pyridine rings is 1. The van der Waals surface area contributed by atoms with Gasteiger partial charge in [0.25, 0.3) is 0 Å². The second-order valence-electron chi connectivity index (χ2n) is 3.64. The highest BCUT2D eigenvalue weighted by atomic mass is 19.1. The largest absolute Gasteiger partial charge is 0.481 e. The van der Waals surface area contributed by atoms with Crippen LogP contribution in [0.5, 0.6) is 5.88 Å². The van der Waals surface area contributed by atoms with Crippen molar-refractivity contribution >= 4 is 0 Å². The third-order valence-corrected chi connectivity index (χ3v) is 2.56. The van der Waals surface area contributed by atoms with Crippen molar-refractivity contribution in [1.82, 2.24) is 4.98 Å². The third kappa shape index (κ3) is 2.17. The Morgan fingerprint density at radius 1 is 1.17 bits per heavy atom. The Labute approximate surface area is 103 Å². The van der Waals surface area contributed by atoms with Crippen molar-refractivity contribution in [3.63, 3.8) is 0 Å². The molecule has 2 rings (SSSR count). The molecule has 0 aliphatic heterocycles. The number of methoxy groups -OCH3 is 1. The number of halogens is 2. The van der Waals surface area contributed by atoms with Crippen molar-refractivity contribution in [2.45, 2.75) is 6.10 Å². The highest BCUT2D eigenvalue weighted by Crippen LogP contribution is 2.30. The first kappa shape index (κ1) is 12.4. The van der Waals surface area contributed by atoms with E-state index >= 15 is 0 Å². The van der Waals surface area contributed by atoms with Gasteiger partial charge in [-0.25, -0.2) is 13.8 Å². The van der Waals surface area contributed by atoms with Crippen LogP contribution in [0.4, 0.5) is 8.78 Å². The van der Waals surface area contributed by atoms with Gasteiger partial charge in [-0.2, -0.15) is 0 Å². The van der Waals surface area contributed by atoms with Crippen LogP contribution < -0.4 is 4.74 Å². The van der Waals surface area contributed by atoms with Crippen LogP contribution in [0.1, 0.15) is 17.2 Å². The molecule has 94 valence electrons. The van der Waals surface area contributed by atoms with Crippen LogP contribution in [0.15, 0.2) is 36.5 Å². The van der Waals surface area contributed by atoms with E-state index in [2.05, 4.69) is 4.98 Å². The molecule has 2 aromatic rings. The quantitative estimate of drug-likeness (QED) is 0.911. The number of hydrogen-bond donors (Lipinski definition) is 1. The van der Waals surface area contributed by atoms with Gasteiger partial charge < -0.3 is 9.84 Å². The summed E-state index contributed by atoms with van der Waals surface area (Å²) in [5, 5.41) is 10.1. The summed E-state index contributed by atoms with van der Waals surface area (Å²) in [6, 6.07) is 6.47. The molecule has 3 nitrogen and oxygen atoms in total. The second kappa shape index (κ2) is 5.10. The van der Waals surface area contributed by atoms with E-state index < -0.39 is 23.3 Å². The van der Waals surface area contributed by atoms with Gasteiger partial charge in [0, 0.05) is 11.8 Å². The van der Waals surface area contributed by atoms with Gasteiger partial charge in [-0.3, -0.25) is 0 Å². The predicted octanol–water partition coefficient (Wildman–Crippen LogP) is 2.45. The Hall–Kier alpha value is -2.01. The number of aliphatic hydroxyl groups is 1. The van der Waals surface area contributed by atoms with Crippen LogP contribution in [0, 0.1) is 11.6 Å². The monoisotopic (exact) mass is 251 g/mol. The van der Waals surface area contributed by atoms with Gasteiger partial charge in [-0.1, -0.05) is 6.07 Å². The average Bonchev–Trinajstić information content (AvgIpc) is 2.38. The van der Waals surface area contributed by atoms with Crippen molar-refractivity contribution in [1.29, 1.82) is 0 Å². The van der Waals surface area contributed by atoms with Gasteiger partial charge in [0.05, 0.1) is 12.7 Å². The maximum absolute atomic E-state index is 13.6. The van der Waals surface area contributed by atoms with E-state index in [9.17, 15) is 13.9 Å². The molecular weight excluding hydrogens is 240 g/mol. The maximum atomic E-state index is 13.6. The maximum Gasteiger partial charge on any atom is 0.219 e. The Morgan fingerprint density at radius 3 is 2.44 bits per heavy atom. The normalized spacial score (nSPS) is 12.2. The van der Waals surface area contributed by atoms with E-state index in [1.165, 1.54) is 25.4 Å². The van der Waals surface area contributed by atoms with Crippen LogP contribution in [0.3, 0.4) is 0 Å². The molecular formula is C13H11F2NO2. The predicted molar refractivity (Wildman–Crippen MR) is 61.2 cm³/mol. The lowest BCUT2D eigenvalue weighted by molar-refractivity contribution is 0.202. The summed E-state index contributed by atoms with van der Waals surface area (Å²) in [6.45, 7) is 0. The first-order chi connectivity index (χ1) is 8.65.